The predicted molar refractivity (Wildman–Crippen MR) is 69.7 cm³/mol. The van der Waals surface area contributed by atoms with Crippen LogP contribution in [0.5, 0.6) is 0 Å². The molecule has 0 N–H and O–H groups in total. The number of hydrogen-bond acceptors (Lipinski definition) is 2. The van der Waals surface area contributed by atoms with E-state index >= 15 is 0 Å². The summed E-state index contributed by atoms with van der Waals surface area (Å²) in [6.45, 7) is 7.45. The van der Waals surface area contributed by atoms with Gasteiger partial charge in [0, 0.05) is 13.5 Å². The van der Waals surface area contributed by atoms with Crippen molar-refractivity contribution in [2.24, 2.45) is 0 Å². The van der Waals surface area contributed by atoms with Gasteiger partial charge in [-0.25, -0.2) is 0 Å². The lowest BCUT2D eigenvalue weighted by Crippen LogP contribution is -2.47. The van der Waals surface area contributed by atoms with Gasteiger partial charge in [0.1, 0.15) is 5.72 Å². The highest BCUT2D eigenvalue weighted by Gasteiger charge is 2.41. The smallest absolute Gasteiger partial charge is 0.221 e. The third kappa shape index (κ3) is 3.70. The van der Waals surface area contributed by atoms with Crippen LogP contribution >= 0.6 is 0 Å². The van der Waals surface area contributed by atoms with Crippen molar-refractivity contribution in [1.29, 1.82) is 0 Å². The van der Waals surface area contributed by atoms with Crippen LogP contribution in [-0.4, -0.2) is 29.7 Å². The lowest BCUT2D eigenvalue weighted by atomic mass is 9.99. The van der Waals surface area contributed by atoms with Gasteiger partial charge in [-0.05, 0) is 19.3 Å². The molecule has 0 aromatic rings. The summed E-state index contributed by atoms with van der Waals surface area (Å²) in [5, 5.41) is 0. The van der Waals surface area contributed by atoms with E-state index in [1.807, 2.05) is 4.90 Å². The highest BCUT2D eigenvalue weighted by molar-refractivity contribution is 5.74. The van der Waals surface area contributed by atoms with Crippen LogP contribution in [0.15, 0.2) is 0 Å². The first-order chi connectivity index (χ1) is 8.16. The van der Waals surface area contributed by atoms with Crippen molar-refractivity contribution in [3.63, 3.8) is 0 Å². The minimum atomic E-state index is -0.294. The monoisotopic (exact) mass is 241 g/mol. The van der Waals surface area contributed by atoms with Crippen molar-refractivity contribution < 1.29 is 9.53 Å². The summed E-state index contributed by atoms with van der Waals surface area (Å²) in [7, 11) is 0. The molecule has 1 saturated heterocycles. The third-order valence-electron chi connectivity index (χ3n) is 3.78. The molecule has 0 spiro atoms. The molecule has 0 aromatic carbocycles. The van der Waals surface area contributed by atoms with Crippen LogP contribution in [0.4, 0.5) is 0 Å². The zero-order valence-electron chi connectivity index (χ0n) is 11.6. The Morgan fingerprint density at radius 1 is 1.24 bits per heavy atom. The molecule has 1 aliphatic rings. The highest BCUT2D eigenvalue weighted by atomic mass is 16.5. The molecule has 1 rings (SSSR count). The quantitative estimate of drug-likeness (QED) is 0.640. The lowest BCUT2D eigenvalue weighted by Gasteiger charge is -2.36. The molecule has 3 heteroatoms. The zero-order valence-corrected chi connectivity index (χ0v) is 11.6. The molecule has 3 nitrogen and oxygen atoms in total. The Bertz CT molecular complexity index is 242. The van der Waals surface area contributed by atoms with Crippen molar-refractivity contribution in [2.45, 2.75) is 71.4 Å². The zero-order chi connectivity index (χ0) is 12.7. The molecular weight excluding hydrogens is 214 g/mol. The number of carbonyl (C=O) groups is 1. The molecule has 1 amide bonds. The second-order valence-corrected chi connectivity index (χ2v) is 4.98. The largest absolute Gasteiger partial charge is 0.354 e. The molecule has 1 aliphatic heterocycles. The molecule has 1 fully saturated rings. The van der Waals surface area contributed by atoms with Crippen LogP contribution in [-0.2, 0) is 9.53 Å². The normalized spacial score (nSPS) is 24.3. The number of rotatable bonds is 7. The molecule has 0 radical (unpaired) electrons. The molecule has 100 valence electrons. The molecule has 0 bridgehead atoms. The Morgan fingerprint density at radius 2 is 1.94 bits per heavy atom. The summed E-state index contributed by atoms with van der Waals surface area (Å²) >= 11 is 0. The second kappa shape index (κ2) is 7.00. The summed E-state index contributed by atoms with van der Waals surface area (Å²) in [5.41, 5.74) is -0.294. The van der Waals surface area contributed by atoms with Gasteiger partial charge in [-0.3, -0.25) is 4.79 Å². The van der Waals surface area contributed by atoms with Gasteiger partial charge in [0.2, 0.25) is 5.91 Å². The molecule has 0 aromatic heterocycles. The standard InChI is InChI=1S/C14H27NO2/c1-4-6-7-8-9-10-14(5-2)15(13(3)16)11-12-17-14/h4-12H2,1-3H3. The van der Waals surface area contributed by atoms with Crippen molar-refractivity contribution in [1.82, 2.24) is 4.90 Å². The van der Waals surface area contributed by atoms with Crippen LogP contribution in [0.25, 0.3) is 0 Å². The van der Waals surface area contributed by atoms with E-state index in [-0.39, 0.29) is 11.6 Å². The summed E-state index contributed by atoms with van der Waals surface area (Å²) in [6, 6.07) is 0. The van der Waals surface area contributed by atoms with E-state index in [1.54, 1.807) is 6.92 Å². The number of hydrogen-bond donors (Lipinski definition) is 0. The van der Waals surface area contributed by atoms with Gasteiger partial charge in [-0.2, -0.15) is 0 Å². The number of carbonyl (C=O) groups excluding carboxylic acids is 1. The van der Waals surface area contributed by atoms with Crippen molar-refractivity contribution in [3.05, 3.63) is 0 Å². The van der Waals surface area contributed by atoms with E-state index in [1.165, 1.54) is 25.7 Å². The SMILES string of the molecule is CCCCCCCC1(CC)OCCN1C(C)=O. The summed E-state index contributed by atoms with van der Waals surface area (Å²) < 4.78 is 5.88. The summed E-state index contributed by atoms with van der Waals surface area (Å²) in [5.74, 6) is 0.151. The van der Waals surface area contributed by atoms with Crippen LogP contribution in [0.1, 0.15) is 65.7 Å². The van der Waals surface area contributed by atoms with Gasteiger partial charge in [0.25, 0.3) is 0 Å². The first-order valence-corrected chi connectivity index (χ1v) is 7.08. The highest BCUT2D eigenvalue weighted by Crippen LogP contribution is 2.32. The first-order valence-electron chi connectivity index (χ1n) is 7.08. The Balaban J connectivity index is 2.42. The molecule has 1 unspecified atom stereocenters. The number of nitrogens with zero attached hydrogens (tertiary/aromatic N) is 1. The van der Waals surface area contributed by atoms with Crippen LogP contribution in [0.3, 0.4) is 0 Å². The predicted octanol–water partition coefficient (Wildman–Crippen LogP) is 3.33. The fourth-order valence-electron chi connectivity index (χ4n) is 2.73. The number of amides is 1. The summed E-state index contributed by atoms with van der Waals surface area (Å²) in [4.78, 5) is 13.5. The topological polar surface area (TPSA) is 29.5 Å². The van der Waals surface area contributed by atoms with E-state index in [0.29, 0.717) is 6.61 Å². The Hall–Kier alpha value is -0.570. The molecule has 1 atom stereocenters. The van der Waals surface area contributed by atoms with Crippen molar-refractivity contribution in [3.8, 4) is 0 Å². The van der Waals surface area contributed by atoms with Gasteiger partial charge in [-0.1, -0.05) is 39.5 Å². The maximum absolute atomic E-state index is 11.6. The Labute approximate surface area is 106 Å². The third-order valence-corrected chi connectivity index (χ3v) is 3.78. The van der Waals surface area contributed by atoms with E-state index < -0.39 is 0 Å². The average Bonchev–Trinajstić information content (AvgIpc) is 2.73. The van der Waals surface area contributed by atoms with E-state index in [9.17, 15) is 4.79 Å². The molecular formula is C14H27NO2. The second-order valence-electron chi connectivity index (χ2n) is 4.98. The van der Waals surface area contributed by atoms with Crippen molar-refractivity contribution >= 4 is 5.91 Å². The maximum Gasteiger partial charge on any atom is 0.221 e. The number of ether oxygens (including phenoxy) is 1. The lowest BCUT2D eigenvalue weighted by molar-refractivity contribution is -0.149. The van der Waals surface area contributed by atoms with Crippen LogP contribution in [0.2, 0.25) is 0 Å². The van der Waals surface area contributed by atoms with Crippen LogP contribution in [0, 0.1) is 0 Å². The molecule has 17 heavy (non-hydrogen) atoms. The minimum absolute atomic E-state index is 0.151. The molecule has 0 aliphatic carbocycles. The molecule has 0 saturated carbocycles. The average molecular weight is 241 g/mol. The Kier molecular flexibility index (Phi) is 5.96. The van der Waals surface area contributed by atoms with Gasteiger partial charge >= 0.3 is 0 Å². The van der Waals surface area contributed by atoms with Gasteiger partial charge < -0.3 is 9.64 Å². The molecule has 1 heterocycles. The maximum atomic E-state index is 11.6. The van der Waals surface area contributed by atoms with Gasteiger partial charge in [-0.15, -0.1) is 0 Å². The van der Waals surface area contributed by atoms with E-state index in [2.05, 4.69) is 13.8 Å². The first kappa shape index (κ1) is 14.5. The van der Waals surface area contributed by atoms with Gasteiger partial charge in [0.05, 0.1) is 6.61 Å². The van der Waals surface area contributed by atoms with Crippen molar-refractivity contribution in [2.75, 3.05) is 13.2 Å². The van der Waals surface area contributed by atoms with E-state index in [4.69, 9.17) is 4.74 Å². The summed E-state index contributed by atoms with van der Waals surface area (Å²) in [6.07, 6.45) is 8.21. The number of unbranched alkanes of at least 4 members (excludes halogenated alkanes) is 4. The fourth-order valence-corrected chi connectivity index (χ4v) is 2.73. The van der Waals surface area contributed by atoms with E-state index in [0.717, 1.165) is 25.8 Å². The van der Waals surface area contributed by atoms with Gasteiger partial charge in [0.15, 0.2) is 0 Å². The fraction of sp³-hybridized carbons (Fsp3) is 0.929. The Morgan fingerprint density at radius 3 is 2.53 bits per heavy atom. The minimum Gasteiger partial charge on any atom is -0.354 e. The van der Waals surface area contributed by atoms with Crippen LogP contribution < -0.4 is 0 Å².